The Morgan fingerprint density at radius 1 is 0.976 bits per heavy atom. The van der Waals surface area contributed by atoms with Gasteiger partial charge in [0.15, 0.2) is 0 Å². The average Bonchev–Trinajstić information content (AvgIpc) is 3.55. The number of hydrogen-bond donors (Lipinski definition) is 1. The molecular formula is C32H35F6NO3. The molecule has 0 radical (unpaired) electrons. The summed E-state index contributed by atoms with van der Waals surface area (Å²) < 4.78 is 88.2. The van der Waals surface area contributed by atoms with Crippen molar-refractivity contribution in [1.82, 2.24) is 4.90 Å². The number of carbonyl (C=O) groups is 1. The van der Waals surface area contributed by atoms with Gasteiger partial charge in [0.2, 0.25) is 0 Å². The number of carboxylic acid groups (broad SMARTS) is 1. The van der Waals surface area contributed by atoms with Crippen LogP contribution in [0.5, 0.6) is 5.75 Å². The van der Waals surface area contributed by atoms with Crippen molar-refractivity contribution in [1.29, 1.82) is 0 Å². The molecule has 10 heteroatoms. The molecule has 2 aromatic carbocycles. The molecule has 4 nitrogen and oxygen atoms in total. The van der Waals surface area contributed by atoms with E-state index in [4.69, 9.17) is 4.74 Å². The fraction of sp³-hybridized carbons (Fsp3) is 0.594. The van der Waals surface area contributed by atoms with Crippen molar-refractivity contribution in [3.05, 3.63) is 64.2 Å². The molecule has 3 fully saturated rings. The van der Waals surface area contributed by atoms with E-state index in [-0.39, 0.29) is 35.5 Å². The SMILES string of the molecule is C[C@H](C(=O)O)[C@H](c1ccc2c(c1)OC(C1CC3CC1CN3[C@@H](C)c1cc(C(F)(F)F)ccc1C(F)(F)F)CC2)C1CC1. The largest absolute Gasteiger partial charge is 0.490 e. The summed E-state index contributed by atoms with van der Waals surface area (Å²) >= 11 is 0. The Bertz CT molecular complexity index is 1350. The average molecular weight is 596 g/mol. The van der Waals surface area contributed by atoms with Gasteiger partial charge in [0.05, 0.1) is 17.0 Å². The van der Waals surface area contributed by atoms with Crippen LogP contribution in [0.1, 0.15) is 85.7 Å². The Balaban J connectivity index is 1.18. The van der Waals surface area contributed by atoms with Gasteiger partial charge in [-0.25, -0.2) is 0 Å². The van der Waals surface area contributed by atoms with Crippen molar-refractivity contribution in [3.63, 3.8) is 0 Å². The summed E-state index contributed by atoms with van der Waals surface area (Å²) in [6, 6.07) is 6.96. The third-order valence-electron chi connectivity index (χ3n) is 10.3. The van der Waals surface area contributed by atoms with E-state index < -0.39 is 41.4 Å². The maximum absolute atomic E-state index is 13.8. The van der Waals surface area contributed by atoms with E-state index in [1.54, 1.807) is 13.8 Å². The van der Waals surface area contributed by atoms with Crippen LogP contribution in [0.15, 0.2) is 36.4 Å². The molecule has 6 rings (SSSR count). The molecule has 2 heterocycles. The first-order valence-corrected chi connectivity index (χ1v) is 14.8. The van der Waals surface area contributed by atoms with Gasteiger partial charge >= 0.3 is 18.3 Å². The first-order chi connectivity index (χ1) is 19.7. The summed E-state index contributed by atoms with van der Waals surface area (Å²) in [4.78, 5) is 13.7. The highest BCUT2D eigenvalue weighted by Crippen LogP contribution is 2.52. The van der Waals surface area contributed by atoms with Crippen molar-refractivity contribution < 1.29 is 41.0 Å². The second-order valence-electron chi connectivity index (χ2n) is 12.8. The van der Waals surface area contributed by atoms with Gasteiger partial charge in [-0.15, -0.1) is 0 Å². The lowest BCUT2D eigenvalue weighted by molar-refractivity contribution is -0.142. The number of fused-ring (bicyclic) bond motifs is 3. The summed E-state index contributed by atoms with van der Waals surface area (Å²) in [7, 11) is 0. The van der Waals surface area contributed by atoms with Crippen molar-refractivity contribution in [2.24, 2.45) is 23.7 Å². The van der Waals surface area contributed by atoms with Gasteiger partial charge < -0.3 is 9.84 Å². The zero-order valence-corrected chi connectivity index (χ0v) is 23.5. The number of rotatable bonds is 7. The number of hydrogen-bond acceptors (Lipinski definition) is 3. The number of aliphatic carboxylic acids is 1. The van der Waals surface area contributed by atoms with Gasteiger partial charge in [0, 0.05) is 24.5 Å². The molecular weight excluding hydrogens is 560 g/mol. The highest BCUT2D eigenvalue weighted by atomic mass is 19.4. The molecule has 2 bridgehead atoms. The van der Waals surface area contributed by atoms with Crippen molar-refractivity contribution >= 4 is 5.97 Å². The lowest BCUT2D eigenvalue weighted by Crippen LogP contribution is -2.43. The van der Waals surface area contributed by atoms with Crippen LogP contribution in [0, 0.1) is 23.7 Å². The molecule has 0 aromatic heterocycles. The normalized spacial score (nSPS) is 28.2. The zero-order chi connectivity index (χ0) is 30.1. The quantitative estimate of drug-likeness (QED) is 0.329. The summed E-state index contributed by atoms with van der Waals surface area (Å²) in [6.45, 7) is 3.84. The number of piperidine rings is 1. The van der Waals surface area contributed by atoms with Crippen LogP contribution in [0.4, 0.5) is 26.3 Å². The molecule has 1 saturated heterocycles. The number of alkyl halides is 6. The number of likely N-dealkylation sites (tertiary alicyclic amines) is 1. The van der Waals surface area contributed by atoms with Crippen molar-refractivity contribution in [2.75, 3.05) is 6.54 Å². The van der Waals surface area contributed by atoms with Crippen LogP contribution in [0.25, 0.3) is 0 Å². The van der Waals surface area contributed by atoms with Crippen LogP contribution < -0.4 is 4.74 Å². The van der Waals surface area contributed by atoms with Crippen LogP contribution in [0.2, 0.25) is 0 Å². The molecule has 4 unspecified atom stereocenters. The molecule has 42 heavy (non-hydrogen) atoms. The van der Waals surface area contributed by atoms with Gasteiger partial charge in [-0.2, -0.15) is 26.3 Å². The van der Waals surface area contributed by atoms with Crippen molar-refractivity contribution in [2.45, 2.75) is 88.8 Å². The Labute approximate surface area is 241 Å². The standard InChI is InChI=1S/C32H35F6NO3/c1-16(30(40)41)29(19-4-5-19)20-6-3-18-7-10-27(42-28(18)12-20)25-14-23-11-21(25)15-39(23)17(2)24-13-22(31(33,34)35)8-9-26(24)32(36,37)38/h3,6,8-9,12-13,16-17,19,21,23,25,27,29H,4-5,7,10-11,14-15H2,1-2H3,(H,40,41)/t16-,17-,21?,23?,25?,27?,29-/m0/s1. The van der Waals surface area contributed by atoms with Gasteiger partial charge in [-0.1, -0.05) is 19.1 Å². The molecule has 0 spiro atoms. The fourth-order valence-electron chi connectivity index (χ4n) is 7.97. The smallest absolute Gasteiger partial charge is 0.416 e. The maximum Gasteiger partial charge on any atom is 0.416 e. The molecule has 2 saturated carbocycles. The van der Waals surface area contributed by atoms with Gasteiger partial charge in [0.25, 0.3) is 0 Å². The first kappa shape index (κ1) is 29.3. The lowest BCUT2D eigenvalue weighted by Gasteiger charge is -2.40. The molecule has 2 aliphatic heterocycles. The fourth-order valence-corrected chi connectivity index (χ4v) is 7.97. The molecule has 7 atom stereocenters. The monoisotopic (exact) mass is 595 g/mol. The first-order valence-electron chi connectivity index (χ1n) is 14.8. The minimum absolute atomic E-state index is 0.0300. The number of benzene rings is 2. The number of halogens is 6. The zero-order valence-electron chi connectivity index (χ0n) is 23.5. The highest BCUT2D eigenvalue weighted by molar-refractivity contribution is 5.71. The van der Waals surface area contributed by atoms with E-state index in [1.165, 1.54) is 0 Å². The number of aryl methyl sites for hydroxylation is 1. The third kappa shape index (κ3) is 5.40. The van der Waals surface area contributed by atoms with Gasteiger partial charge in [-0.05, 0) is 104 Å². The minimum Gasteiger partial charge on any atom is -0.490 e. The molecule has 2 aliphatic carbocycles. The molecule has 4 aliphatic rings. The van der Waals surface area contributed by atoms with Crippen LogP contribution in [-0.2, 0) is 23.6 Å². The third-order valence-corrected chi connectivity index (χ3v) is 10.3. The minimum atomic E-state index is -4.75. The second kappa shape index (κ2) is 10.5. The topological polar surface area (TPSA) is 49.8 Å². The van der Waals surface area contributed by atoms with Crippen LogP contribution >= 0.6 is 0 Å². The van der Waals surface area contributed by atoms with Gasteiger partial charge in [0.1, 0.15) is 11.9 Å². The van der Waals surface area contributed by atoms with Crippen LogP contribution in [0.3, 0.4) is 0 Å². The predicted octanol–water partition coefficient (Wildman–Crippen LogP) is 8.10. The summed E-state index contributed by atoms with van der Waals surface area (Å²) in [5.41, 5.74) is -0.351. The Hall–Kier alpha value is -2.75. The van der Waals surface area contributed by atoms with Crippen LogP contribution in [-0.4, -0.2) is 34.7 Å². The van der Waals surface area contributed by atoms with Crippen molar-refractivity contribution in [3.8, 4) is 5.75 Å². The maximum atomic E-state index is 13.8. The summed E-state index contributed by atoms with van der Waals surface area (Å²) in [6.07, 6.45) is -4.35. The Morgan fingerprint density at radius 3 is 2.31 bits per heavy atom. The Kier molecular flexibility index (Phi) is 7.30. The molecule has 1 N–H and O–H groups in total. The second-order valence-corrected chi connectivity index (χ2v) is 12.8. The molecule has 2 aromatic rings. The lowest BCUT2D eigenvalue weighted by atomic mass is 9.81. The van der Waals surface area contributed by atoms with Gasteiger partial charge in [-0.3, -0.25) is 9.69 Å². The number of nitrogens with zero attached hydrogens (tertiary/aromatic N) is 1. The summed E-state index contributed by atoms with van der Waals surface area (Å²) in [5.74, 6) is 0.168. The van der Waals surface area contributed by atoms with E-state index in [0.717, 1.165) is 55.4 Å². The highest BCUT2D eigenvalue weighted by Gasteiger charge is 2.51. The Morgan fingerprint density at radius 2 is 1.71 bits per heavy atom. The van der Waals surface area contributed by atoms with E-state index in [1.807, 2.05) is 23.1 Å². The van der Waals surface area contributed by atoms with E-state index >= 15 is 0 Å². The number of ether oxygens (including phenoxy) is 1. The number of carboxylic acids is 1. The van der Waals surface area contributed by atoms with E-state index in [2.05, 4.69) is 0 Å². The predicted molar refractivity (Wildman–Crippen MR) is 143 cm³/mol. The molecule has 228 valence electrons. The summed E-state index contributed by atoms with van der Waals surface area (Å²) in [5, 5.41) is 9.67. The van der Waals surface area contributed by atoms with E-state index in [0.29, 0.717) is 30.7 Å². The van der Waals surface area contributed by atoms with E-state index in [9.17, 15) is 36.2 Å². The molecule has 0 amide bonds.